The molecular formula is C13H18N2O3. The Labute approximate surface area is 106 Å². The predicted octanol–water partition coefficient (Wildman–Crippen LogP) is 1.30. The van der Waals surface area contributed by atoms with Crippen molar-refractivity contribution in [2.45, 2.75) is 39.2 Å². The summed E-state index contributed by atoms with van der Waals surface area (Å²) in [6.07, 6.45) is 4.54. The van der Waals surface area contributed by atoms with E-state index in [1.54, 1.807) is 12.4 Å². The van der Waals surface area contributed by atoms with Gasteiger partial charge >= 0.3 is 5.97 Å². The van der Waals surface area contributed by atoms with Crippen molar-refractivity contribution in [3.63, 3.8) is 0 Å². The van der Waals surface area contributed by atoms with E-state index >= 15 is 0 Å². The first kappa shape index (κ1) is 14.2. The van der Waals surface area contributed by atoms with Crippen molar-refractivity contribution in [1.82, 2.24) is 10.3 Å². The molecule has 0 radical (unpaired) electrons. The van der Waals surface area contributed by atoms with Crippen LogP contribution in [0, 0.1) is 6.92 Å². The summed E-state index contributed by atoms with van der Waals surface area (Å²) in [5.74, 6) is -1.000. The Hall–Kier alpha value is -1.91. The van der Waals surface area contributed by atoms with Crippen molar-refractivity contribution < 1.29 is 14.7 Å². The lowest BCUT2D eigenvalue weighted by molar-refractivity contribution is -0.137. The van der Waals surface area contributed by atoms with Crippen molar-refractivity contribution in [2.24, 2.45) is 0 Å². The Morgan fingerprint density at radius 2 is 2.22 bits per heavy atom. The van der Waals surface area contributed by atoms with Crippen molar-refractivity contribution >= 4 is 11.9 Å². The number of hydrogen-bond donors (Lipinski definition) is 2. The van der Waals surface area contributed by atoms with Gasteiger partial charge in [-0.2, -0.15) is 0 Å². The van der Waals surface area contributed by atoms with Crippen LogP contribution < -0.4 is 5.32 Å². The van der Waals surface area contributed by atoms with E-state index in [-0.39, 0.29) is 18.4 Å². The van der Waals surface area contributed by atoms with E-state index in [0.29, 0.717) is 12.8 Å². The molecule has 1 rings (SSSR count). The van der Waals surface area contributed by atoms with E-state index in [9.17, 15) is 9.59 Å². The Kier molecular flexibility index (Phi) is 5.30. The molecular weight excluding hydrogens is 232 g/mol. The molecule has 1 aromatic heterocycles. The molecule has 1 aromatic rings. The molecule has 0 fully saturated rings. The van der Waals surface area contributed by atoms with Crippen LogP contribution in [0.25, 0.3) is 0 Å². The minimum Gasteiger partial charge on any atom is -0.481 e. The van der Waals surface area contributed by atoms with Gasteiger partial charge in [0.1, 0.15) is 0 Å². The lowest BCUT2D eigenvalue weighted by Crippen LogP contribution is -2.35. The van der Waals surface area contributed by atoms with Crippen LogP contribution in [0.3, 0.4) is 0 Å². The first-order valence-electron chi connectivity index (χ1n) is 5.87. The molecule has 18 heavy (non-hydrogen) atoms. The highest BCUT2D eigenvalue weighted by atomic mass is 16.4. The average Bonchev–Trinajstić information content (AvgIpc) is 2.28. The van der Waals surface area contributed by atoms with Crippen LogP contribution in [-0.4, -0.2) is 28.0 Å². The number of pyridine rings is 1. The molecule has 0 aromatic carbocycles. The number of aliphatic carboxylic acids is 1. The minimum atomic E-state index is -0.853. The summed E-state index contributed by atoms with van der Waals surface area (Å²) >= 11 is 0. The lowest BCUT2D eigenvalue weighted by Gasteiger charge is -2.18. The summed E-state index contributed by atoms with van der Waals surface area (Å²) in [4.78, 5) is 25.7. The van der Waals surface area contributed by atoms with E-state index in [1.807, 2.05) is 13.0 Å². The zero-order valence-electron chi connectivity index (χ0n) is 10.6. The number of rotatable bonds is 6. The van der Waals surface area contributed by atoms with Crippen LogP contribution in [-0.2, 0) is 16.0 Å². The van der Waals surface area contributed by atoms with Crippen LogP contribution >= 0.6 is 0 Å². The molecule has 0 spiro atoms. The van der Waals surface area contributed by atoms with Gasteiger partial charge in [-0.25, -0.2) is 0 Å². The third-order valence-corrected chi connectivity index (χ3v) is 2.73. The number of carboxylic acid groups (broad SMARTS) is 1. The molecule has 1 heterocycles. The smallest absolute Gasteiger partial charge is 0.303 e. The van der Waals surface area contributed by atoms with Gasteiger partial charge in [0.15, 0.2) is 0 Å². The number of carbonyl (C=O) groups excluding carboxylic acids is 1. The van der Waals surface area contributed by atoms with Gasteiger partial charge in [-0.15, -0.1) is 0 Å². The maximum Gasteiger partial charge on any atom is 0.303 e. The fourth-order valence-electron chi connectivity index (χ4n) is 1.79. The van der Waals surface area contributed by atoms with E-state index in [2.05, 4.69) is 10.3 Å². The Morgan fingerprint density at radius 1 is 1.50 bits per heavy atom. The van der Waals surface area contributed by atoms with E-state index in [1.165, 1.54) is 6.92 Å². The van der Waals surface area contributed by atoms with Crippen LogP contribution in [0.15, 0.2) is 18.5 Å². The number of carboxylic acids is 1. The van der Waals surface area contributed by atoms with Gasteiger partial charge in [0.05, 0.1) is 0 Å². The standard InChI is InChI=1S/C13H18N2O3/c1-9-5-6-14-8-11(9)7-12(15-10(2)16)3-4-13(17)18/h5-6,8,12H,3-4,7H2,1-2H3,(H,15,16)(H,17,18). The van der Waals surface area contributed by atoms with Gasteiger partial charge in [-0.05, 0) is 37.0 Å². The van der Waals surface area contributed by atoms with Crippen LogP contribution in [0.4, 0.5) is 0 Å². The summed E-state index contributed by atoms with van der Waals surface area (Å²) in [6, 6.07) is 1.73. The maximum atomic E-state index is 11.1. The Bertz CT molecular complexity index is 432. The van der Waals surface area contributed by atoms with Gasteiger partial charge < -0.3 is 10.4 Å². The van der Waals surface area contributed by atoms with Gasteiger partial charge in [-0.3, -0.25) is 14.6 Å². The molecule has 0 aliphatic heterocycles. The van der Waals surface area contributed by atoms with Crippen molar-refractivity contribution in [3.05, 3.63) is 29.6 Å². The molecule has 0 saturated heterocycles. The summed E-state index contributed by atoms with van der Waals surface area (Å²) in [6.45, 7) is 3.41. The molecule has 5 heteroatoms. The molecule has 1 unspecified atom stereocenters. The largest absolute Gasteiger partial charge is 0.481 e. The average molecular weight is 250 g/mol. The molecule has 2 N–H and O–H groups in total. The second-order valence-electron chi connectivity index (χ2n) is 4.34. The number of hydrogen-bond acceptors (Lipinski definition) is 3. The van der Waals surface area contributed by atoms with Gasteiger partial charge in [0, 0.05) is 31.8 Å². The summed E-state index contributed by atoms with van der Waals surface area (Å²) in [7, 11) is 0. The minimum absolute atomic E-state index is 0.0459. The third-order valence-electron chi connectivity index (χ3n) is 2.73. The second-order valence-corrected chi connectivity index (χ2v) is 4.34. The first-order valence-corrected chi connectivity index (χ1v) is 5.87. The fourth-order valence-corrected chi connectivity index (χ4v) is 1.79. The topological polar surface area (TPSA) is 79.3 Å². The van der Waals surface area contributed by atoms with E-state index < -0.39 is 5.97 Å². The molecule has 1 amide bonds. The second kappa shape index (κ2) is 6.74. The van der Waals surface area contributed by atoms with E-state index in [4.69, 9.17) is 5.11 Å². The number of carbonyl (C=O) groups is 2. The molecule has 0 saturated carbocycles. The number of nitrogens with zero attached hydrogens (tertiary/aromatic N) is 1. The lowest BCUT2D eigenvalue weighted by atomic mass is 10.00. The van der Waals surface area contributed by atoms with Crippen molar-refractivity contribution in [2.75, 3.05) is 0 Å². The zero-order valence-corrected chi connectivity index (χ0v) is 10.6. The maximum absolute atomic E-state index is 11.1. The zero-order chi connectivity index (χ0) is 13.5. The Morgan fingerprint density at radius 3 is 2.78 bits per heavy atom. The molecule has 0 aliphatic rings. The number of aromatic nitrogens is 1. The quantitative estimate of drug-likeness (QED) is 0.797. The normalized spacial score (nSPS) is 11.9. The summed E-state index contributed by atoms with van der Waals surface area (Å²) in [5, 5.41) is 11.5. The van der Waals surface area contributed by atoms with Crippen LogP contribution in [0.5, 0.6) is 0 Å². The Balaban J connectivity index is 2.68. The summed E-state index contributed by atoms with van der Waals surface area (Å²) in [5.41, 5.74) is 2.12. The van der Waals surface area contributed by atoms with Gasteiger partial charge in [-0.1, -0.05) is 0 Å². The van der Waals surface area contributed by atoms with Crippen molar-refractivity contribution in [1.29, 1.82) is 0 Å². The molecule has 98 valence electrons. The predicted molar refractivity (Wildman–Crippen MR) is 67.2 cm³/mol. The monoisotopic (exact) mass is 250 g/mol. The fraction of sp³-hybridized carbons (Fsp3) is 0.462. The van der Waals surface area contributed by atoms with E-state index in [0.717, 1.165) is 11.1 Å². The van der Waals surface area contributed by atoms with Crippen LogP contribution in [0.2, 0.25) is 0 Å². The number of aryl methyl sites for hydroxylation is 1. The highest BCUT2D eigenvalue weighted by Gasteiger charge is 2.14. The van der Waals surface area contributed by atoms with Gasteiger partial charge in [0.25, 0.3) is 0 Å². The third kappa shape index (κ3) is 4.95. The molecule has 1 atom stereocenters. The molecule has 0 bridgehead atoms. The van der Waals surface area contributed by atoms with Crippen molar-refractivity contribution in [3.8, 4) is 0 Å². The highest BCUT2D eigenvalue weighted by Crippen LogP contribution is 2.11. The molecule has 5 nitrogen and oxygen atoms in total. The number of nitrogens with one attached hydrogen (secondary N) is 1. The highest BCUT2D eigenvalue weighted by molar-refractivity contribution is 5.73. The summed E-state index contributed by atoms with van der Waals surface area (Å²) < 4.78 is 0. The van der Waals surface area contributed by atoms with Crippen LogP contribution in [0.1, 0.15) is 30.9 Å². The first-order chi connectivity index (χ1) is 8.49. The SMILES string of the molecule is CC(=O)NC(CCC(=O)O)Cc1cnccc1C. The number of amides is 1. The molecule has 0 aliphatic carbocycles. The van der Waals surface area contributed by atoms with Gasteiger partial charge in [0.2, 0.25) is 5.91 Å².